The summed E-state index contributed by atoms with van der Waals surface area (Å²) >= 11 is 0. The highest BCUT2D eigenvalue weighted by Crippen LogP contribution is 2.17. The lowest BCUT2D eigenvalue weighted by Gasteiger charge is -2.14. The van der Waals surface area contributed by atoms with Gasteiger partial charge in [0.15, 0.2) is 6.10 Å². The second kappa shape index (κ2) is 7.15. The summed E-state index contributed by atoms with van der Waals surface area (Å²) in [5.41, 5.74) is 1.23. The summed E-state index contributed by atoms with van der Waals surface area (Å²) in [7, 11) is -3.36. The first-order chi connectivity index (χ1) is 11.3. The molecule has 2 rings (SSSR count). The first-order valence-corrected chi connectivity index (χ1v) is 8.96. The fraction of sp³-hybridized carbons (Fsp3) is 0.176. The van der Waals surface area contributed by atoms with E-state index in [1.165, 1.54) is 24.3 Å². The SMILES string of the molecule is CC(Oc1cccc(C#N)c1)C(=O)c1ccc(NS(C)(=O)=O)cc1. The quantitative estimate of drug-likeness (QED) is 0.813. The molecule has 7 heteroatoms. The molecule has 0 heterocycles. The van der Waals surface area contributed by atoms with Crippen LogP contribution in [0.4, 0.5) is 5.69 Å². The van der Waals surface area contributed by atoms with Gasteiger partial charge in [-0.1, -0.05) is 6.07 Å². The Morgan fingerprint density at radius 3 is 2.46 bits per heavy atom. The summed E-state index contributed by atoms with van der Waals surface area (Å²) in [5, 5.41) is 8.87. The molecule has 2 aromatic rings. The standard InChI is InChI=1S/C17H16N2O4S/c1-12(23-16-5-3-4-13(10-16)11-18)17(20)14-6-8-15(9-7-14)19-24(2,21)22/h3-10,12,19H,1-2H3. The van der Waals surface area contributed by atoms with Gasteiger partial charge in [-0.05, 0) is 49.4 Å². The van der Waals surface area contributed by atoms with Crippen molar-refractivity contribution in [2.75, 3.05) is 11.0 Å². The summed E-state index contributed by atoms with van der Waals surface area (Å²) in [6.45, 7) is 1.62. The Labute approximate surface area is 140 Å². The van der Waals surface area contributed by atoms with Gasteiger partial charge >= 0.3 is 0 Å². The fourth-order valence-electron chi connectivity index (χ4n) is 2.05. The third-order valence-corrected chi connectivity index (χ3v) is 3.72. The summed E-state index contributed by atoms with van der Waals surface area (Å²) in [5.74, 6) is 0.188. The Hall–Kier alpha value is -2.85. The number of carbonyl (C=O) groups is 1. The molecule has 0 amide bonds. The van der Waals surface area contributed by atoms with E-state index in [0.29, 0.717) is 22.6 Å². The number of nitrogens with zero attached hydrogens (tertiary/aromatic N) is 1. The molecule has 0 aliphatic carbocycles. The molecule has 0 aliphatic rings. The van der Waals surface area contributed by atoms with Gasteiger partial charge in [0.05, 0.1) is 17.9 Å². The Kier molecular flexibility index (Phi) is 5.21. The van der Waals surface area contributed by atoms with E-state index >= 15 is 0 Å². The van der Waals surface area contributed by atoms with Crippen LogP contribution in [-0.4, -0.2) is 26.6 Å². The van der Waals surface area contributed by atoms with E-state index in [-0.39, 0.29) is 5.78 Å². The highest BCUT2D eigenvalue weighted by atomic mass is 32.2. The second-order valence-corrected chi connectivity index (χ2v) is 6.96. The zero-order valence-corrected chi connectivity index (χ0v) is 14.0. The molecule has 6 nitrogen and oxygen atoms in total. The average molecular weight is 344 g/mol. The Bertz CT molecular complexity index is 884. The number of benzene rings is 2. The zero-order chi connectivity index (χ0) is 17.7. The van der Waals surface area contributed by atoms with Gasteiger partial charge in [0.2, 0.25) is 15.8 Å². The van der Waals surface area contributed by atoms with Crippen LogP contribution in [0.3, 0.4) is 0 Å². The third kappa shape index (κ3) is 4.83. The van der Waals surface area contributed by atoms with Gasteiger partial charge in [-0.3, -0.25) is 9.52 Å². The average Bonchev–Trinajstić information content (AvgIpc) is 2.53. The van der Waals surface area contributed by atoms with Crippen molar-refractivity contribution >= 4 is 21.5 Å². The van der Waals surface area contributed by atoms with Gasteiger partial charge in [0, 0.05) is 11.3 Å². The largest absolute Gasteiger partial charge is 0.483 e. The number of sulfonamides is 1. The van der Waals surface area contributed by atoms with Gasteiger partial charge in [0.25, 0.3) is 0 Å². The normalized spacial score (nSPS) is 12.0. The van der Waals surface area contributed by atoms with Crippen molar-refractivity contribution in [1.29, 1.82) is 5.26 Å². The van der Waals surface area contributed by atoms with Gasteiger partial charge in [-0.25, -0.2) is 8.42 Å². The van der Waals surface area contributed by atoms with Crippen LogP contribution in [-0.2, 0) is 10.0 Å². The van der Waals surface area contributed by atoms with Gasteiger partial charge in [-0.2, -0.15) is 5.26 Å². The number of hydrogen-bond donors (Lipinski definition) is 1. The van der Waals surface area contributed by atoms with Crippen LogP contribution in [0.2, 0.25) is 0 Å². The number of hydrogen-bond acceptors (Lipinski definition) is 5. The molecular formula is C17H16N2O4S. The molecule has 1 unspecified atom stereocenters. The monoisotopic (exact) mass is 344 g/mol. The minimum atomic E-state index is -3.36. The molecular weight excluding hydrogens is 328 g/mol. The van der Waals surface area contributed by atoms with E-state index in [2.05, 4.69) is 4.72 Å². The maximum atomic E-state index is 12.4. The van der Waals surface area contributed by atoms with Crippen molar-refractivity contribution in [3.8, 4) is 11.8 Å². The van der Waals surface area contributed by atoms with Crippen LogP contribution in [0.5, 0.6) is 5.75 Å². The first kappa shape index (κ1) is 17.5. The van der Waals surface area contributed by atoms with Gasteiger partial charge < -0.3 is 4.74 Å². The van der Waals surface area contributed by atoms with E-state index in [1.54, 1.807) is 31.2 Å². The highest BCUT2D eigenvalue weighted by Gasteiger charge is 2.17. The molecule has 1 atom stereocenters. The molecule has 0 fully saturated rings. The number of Topliss-reactive ketones (excluding diaryl/α,β-unsaturated/α-hetero) is 1. The molecule has 0 radical (unpaired) electrons. The fourth-order valence-corrected chi connectivity index (χ4v) is 2.61. The van der Waals surface area contributed by atoms with E-state index in [1.807, 2.05) is 6.07 Å². The Balaban J connectivity index is 2.08. The molecule has 0 bridgehead atoms. The molecule has 0 saturated heterocycles. The van der Waals surface area contributed by atoms with Crippen LogP contribution >= 0.6 is 0 Å². The van der Waals surface area contributed by atoms with Crippen LogP contribution in [0.25, 0.3) is 0 Å². The number of anilines is 1. The summed E-state index contributed by atoms with van der Waals surface area (Å²) in [6, 6.07) is 14.6. The van der Waals surface area contributed by atoms with Crippen molar-refractivity contribution in [1.82, 2.24) is 0 Å². The van der Waals surface area contributed by atoms with Crippen molar-refractivity contribution in [2.24, 2.45) is 0 Å². The van der Waals surface area contributed by atoms with Crippen LogP contribution in [0, 0.1) is 11.3 Å². The lowest BCUT2D eigenvalue weighted by atomic mass is 10.1. The first-order valence-electron chi connectivity index (χ1n) is 7.07. The minimum Gasteiger partial charge on any atom is -0.483 e. The number of ether oxygens (including phenoxy) is 1. The zero-order valence-electron chi connectivity index (χ0n) is 13.2. The molecule has 0 spiro atoms. The number of carbonyl (C=O) groups excluding carboxylic acids is 1. The van der Waals surface area contributed by atoms with Crippen molar-refractivity contribution in [3.05, 3.63) is 59.7 Å². The lowest BCUT2D eigenvalue weighted by molar-refractivity contribution is 0.0818. The summed E-state index contributed by atoms with van der Waals surface area (Å²) in [6.07, 6.45) is 0.310. The van der Waals surface area contributed by atoms with Gasteiger partial charge in [0.1, 0.15) is 5.75 Å². The number of rotatable bonds is 6. The van der Waals surface area contributed by atoms with Crippen molar-refractivity contribution < 1.29 is 17.9 Å². The third-order valence-electron chi connectivity index (χ3n) is 3.12. The smallest absolute Gasteiger partial charge is 0.229 e. The number of ketones is 1. The molecule has 0 aromatic heterocycles. The van der Waals surface area contributed by atoms with Crippen molar-refractivity contribution in [2.45, 2.75) is 13.0 Å². The molecule has 124 valence electrons. The van der Waals surface area contributed by atoms with Gasteiger partial charge in [-0.15, -0.1) is 0 Å². The predicted molar refractivity (Wildman–Crippen MR) is 90.5 cm³/mol. The van der Waals surface area contributed by atoms with Crippen LogP contribution < -0.4 is 9.46 Å². The molecule has 24 heavy (non-hydrogen) atoms. The molecule has 1 N–H and O–H groups in total. The molecule has 0 saturated carbocycles. The Morgan fingerprint density at radius 1 is 1.21 bits per heavy atom. The second-order valence-electron chi connectivity index (χ2n) is 5.22. The summed E-state index contributed by atoms with van der Waals surface area (Å²) in [4.78, 5) is 12.4. The molecule has 2 aromatic carbocycles. The van der Waals surface area contributed by atoms with Crippen LogP contribution in [0.15, 0.2) is 48.5 Å². The topological polar surface area (TPSA) is 96.3 Å². The maximum absolute atomic E-state index is 12.4. The maximum Gasteiger partial charge on any atom is 0.229 e. The Morgan fingerprint density at radius 2 is 1.88 bits per heavy atom. The highest BCUT2D eigenvalue weighted by molar-refractivity contribution is 7.92. The van der Waals surface area contributed by atoms with E-state index in [9.17, 15) is 13.2 Å². The predicted octanol–water partition coefficient (Wildman–Crippen LogP) is 2.58. The number of nitrogens with one attached hydrogen (secondary N) is 1. The van der Waals surface area contributed by atoms with E-state index < -0.39 is 16.1 Å². The minimum absolute atomic E-state index is 0.247. The van der Waals surface area contributed by atoms with Crippen LogP contribution in [0.1, 0.15) is 22.8 Å². The lowest BCUT2D eigenvalue weighted by Crippen LogP contribution is -2.24. The molecule has 0 aliphatic heterocycles. The van der Waals surface area contributed by atoms with E-state index in [0.717, 1.165) is 6.26 Å². The number of nitriles is 1. The summed E-state index contributed by atoms with van der Waals surface area (Å²) < 4.78 is 30.2. The van der Waals surface area contributed by atoms with E-state index in [4.69, 9.17) is 10.00 Å². The van der Waals surface area contributed by atoms with Crippen molar-refractivity contribution in [3.63, 3.8) is 0 Å².